The predicted molar refractivity (Wildman–Crippen MR) is 75.3 cm³/mol. The summed E-state index contributed by atoms with van der Waals surface area (Å²) < 4.78 is 10.6. The number of carboxylic acids is 1. The van der Waals surface area contributed by atoms with E-state index in [2.05, 4.69) is 0 Å². The monoisotopic (exact) mass is 295 g/mol. The molecule has 1 N–H and O–H groups in total. The maximum Gasteiger partial charge on any atom is 0.305 e. The van der Waals surface area contributed by atoms with Gasteiger partial charge in [-0.15, -0.1) is 0 Å². The van der Waals surface area contributed by atoms with Crippen LogP contribution in [-0.2, 0) is 9.53 Å². The minimum absolute atomic E-state index is 0.0800. The van der Waals surface area contributed by atoms with Crippen LogP contribution < -0.4 is 0 Å². The Hall–Kier alpha value is -1.82. The maximum absolute atomic E-state index is 12.7. The number of ether oxygens (including phenoxy) is 1. The minimum Gasteiger partial charge on any atom is -0.481 e. The fraction of sp³-hybridized carbons (Fsp3) is 0.600. The lowest BCUT2D eigenvalue weighted by atomic mass is 10.0. The van der Waals surface area contributed by atoms with Gasteiger partial charge in [-0.3, -0.25) is 9.59 Å². The summed E-state index contributed by atoms with van der Waals surface area (Å²) >= 11 is 0. The smallest absolute Gasteiger partial charge is 0.305 e. The van der Waals surface area contributed by atoms with Crippen molar-refractivity contribution in [2.75, 3.05) is 13.7 Å². The van der Waals surface area contributed by atoms with Crippen LogP contribution in [0.3, 0.4) is 0 Å². The number of rotatable bonds is 5. The first-order valence-electron chi connectivity index (χ1n) is 7.07. The average molecular weight is 295 g/mol. The van der Waals surface area contributed by atoms with Gasteiger partial charge in [0, 0.05) is 25.3 Å². The number of aliphatic carboxylic acids is 1. The van der Waals surface area contributed by atoms with Gasteiger partial charge in [-0.25, -0.2) is 0 Å². The third kappa shape index (κ3) is 3.26. The van der Waals surface area contributed by atoms with Gasteiger partial charge in [0.25, 0.3) is 5.91 Å². The molecule has 0 radical (unpaired) electrons. The second kappa shape index (κ2) is 6.30. The molecule has 0 aliphatic carbocycles. The Bertz CT molecular complexity index is 522. The summed E-state index contributed by atoms with van der Waals surface area (Å²) in [7, 11) is 1.57. The van der Waals surface area contributed by atoms with Crippen molar-refractivity contribution in [2.24, 2.45) is 0 Å². The van der Waals surface area contributed by atoms with Gasteiger partial charge in [-0.1, -0.05) is 13.8 Å². The zero-order valence-corrected chi connectivity index (χ0v) is 12.5. The first-order valence-corrected chi connectivity index (χ1v) is 7.07. The Morgan fingerprint density at radius 3 is 2.81 bits per heavy atom. The van der Waals surface area contributed by atoms with Crippen molar-refractivity contribution < 1.29 is 23.8 Å². The molecule has 0 aromatic carbocycles. The van der Waals surface area contributed by atoms with Crippen LogP contribution in [0.2, 0.25) is 0 Å². The lowest BCUT2D eigenvalue weighted by molar-refractivity contribution is -0.138. The summed E-state index contributed by atoms with van der Waals surface area (Å²) in [6, 6.07) is 1.43. The highest BCUT2D eigenvalue weighted by molar-refractivity contribution is 5.93. The van der Waals surface area contributed by atoms with Crippen LogP contribution >= 0.6 is 0 Å². The van der Waals surface area contributed by atoms with Gasteiger partial charge in [0.2, 0.25) is 0 Å². The highest BCUT2D eigenvalue weighted by Gasteiger charge is 2.38. The Kier molecular flexibility index (Phi) is 4.67. The number of carbonyl (C=O) groups excluding carboxylic acids is 1. The molecule has 2 heterocycles. The molecule has 1 saturated heterocycles. The number of furan rings is 1. The molecule has 6 nitrogen and oxygen atoms in total. The summed E-state index contributed by atoms with van der Waals surface area (Å²) in [5.41, 5.74) is 0.843. The van der Waals surface area contributed by atoms with Crippen LogP contribution in [-0.4, -0.2) is 47.7 Å². The molecule has 21 heavy (non-hydrogen) atoms. The van der Waals surface area contributed by atoms with Crippen LogP contribution in [0.5, 0.6) is 0 Å². The largest absolute Gasteiger partial charge is 0.481 e. The fourth-order valence-electron chi connectivity index (χ4n) is 2.77. The fourth-order valence-corrected chi connectivity index (χ4v) is 2.77. The van der Waals surface area contributed by atoms with Crippen LogP contribution in [0.15, 0.2) is 16.7 Å². The quantitative estimate of drug-likeness (QED) is 0.900. The van der Waals surface area contributed by atoms with E-state index in [9.17, 15) is 9.59 Å². The number of methoxy groups -OCH3 is 1. The van der Waals surface area contributed by atoms with Gasteiger partial charge < -0.3 is 19.2 Å². The highest BCUT2D eigenvalue weighted by Crippen LogP contribution is 2.28. The van der Waals surface area contributed by atoms with Crippen molar-refractivity contribution >= 4 is 11.9 Å². The van der Waals surface area contributed by atoms with Crippen LogP contribution in [0.25, 0.3) is 0 Å². The molecule has 1 fully saturated rings. The number of hydrogen-bond donors (Lipinski definition) is 1. The topological polar surface area (TPSA) is 80.0 Å². The lowest BCUT2D eigenvalue weighted by Crippen LogP contribution is -2.37. The SMILES string of the molecule is CO[C@@H]1C[C@@H](CC(=O)O)N(C(=O)c2occc2C(C)C)C1. The number of likely N-dealkylation sites (tertiary alicyclic amines) is 1. The Morgan fingerprint density at radius 1 is 1.52 bits per heavy atom. The Balaban J connectivity index is 2.22. The molecule has 2 rings (SSSR count). The van der Waals surface area contributed by atoms with Gasteiger partial charge in [0.15, 0.2) is 5.76 Å². The summed E-state index contributed by atoms with van der Waals surface area (Å²) in [5.74, 6) is -0.703. The van der Waals surface area contributed by atoms with E-state index < -0.39 is 5.97 Å². The third-order valence-electron chi connectivity index (χ3n) is 3.89. The summed E-state index contributed by atoms with van der Waals surface area (Å²) in [4.78, 5) is 25.2. The standard InChI is InChI=1S/C15H21NO5/c1-9(2)12-4-5-21-14(12)15(19)16-8-11(20-3)6-10(16)7-13(17)18/h4-5,9-11H,6-8H2,1-3H3,(H,17,18)/t10-,11+/m0/s1. The van der Waals surface area contributed by atoms with E-state index in [1.165, 1.54) is 6.26 Å². The number of nitrogens with zero attached hydrogens (tertiary/aromatic N) is 1. The number of carbonyl (C=O) groups is 2. The minimum atomic E-state index is -0.918. The van der Waals surface area contributed by atoms with Gasteiger partial charge in [0.05, 0.1) is 18.8 Å². The van der Waals surface area contributed by atoms with Gasteiger partial charge in [0.1, 0.15) is 0 Å². The average Bonchev–Trinajstić information content (AvgIpc) is 3.03. The molecule has 0 bridgehead atoms. The van der Waals surface area contributed by atoms with Crippen LogP contribution in [0.4, 0.5) is 0 Å². The van der Waals surface area contributed by atoms with Crippen LogP contribution in [0.1, 0.15) is 48.7 Å². The lowest BCUT2D eigenvalue weighted by Gasteiger charge is -2.23. The summed E-state index contributed by atoms with van der Waals surface area (Å²) in [6.45, 7) is 4.36. The molecule has 6 heteroatoms. The Labute approximate surface area is 123 Å². The van der Waals surface area contributed by atoms with Crippen molar-refractivity contribution in [1.82, 2.24) is 4.90 Å². The van der Waals surface area contributed by atoms with E-state index in [1.807, 2.05) is 13.8 Å². The first-order chi connectivity index (χ1) is 9.93. The first kappa shape index (κ1) is 15.6. The predicted octanol–water partition coefficient (Wildman–Crippen LogP) is 2.11. The molecule has 0 saturated carbocycles. The van der Waals surface area contributed by atoms with E-state index in [1.54, 1.807) is 18.1 Å². The van der Waals surface area contributed by atoms with Crippen LogP contribution in [0, 0.1) is 0 Å². The second-order valence-corrected chi connectivity index (χ2v) is 5.66. The molecule has 116 valence electrons. The summed E-state index contributed by atoms with van der Waals surface area (Å²) in [6.07, 6.45) is 1.82. The van der Waals surface area contributed by atoms with Crippen molar-refractivity contribution in [2.45, 2.75) is 44.8 Å². The summed E-state index contributed by atoms with van der Waals surface area (Å²) in [5, 5.41) is 9.00. The van der Waals surface area contributed by atoms with Crippen molar-refractivity contribution in [3.8, 4) is 0 Å². The van der Waals surface area contributed by atoms with E-state index in [-0.39, 0.29) is 30.4 Å². The zero-order chi connectivity index (χ0) is 15.6. The molecule has 1 aliphatic rings. The molecule has 0 spiro atoms. The van der Waals surface area contributed by atoms with Gasteiger partial charge >= 0.3 is 5.97 Å². The Morgan fingerprint density at radius 2 is 2.24 bits per heavy atom. The van der Waals surface area contributed by atoms with E-state index in [4.69, 9.17) is 14.3 Å². The molecule has 1 aromatic rings. The third-order valence-corrected chi connectivity index (χ3v) is 3.89. The van der Waals surface area contributed by atoms with Crippen molar-refractivity contribution in [1.29, 1.82) is 0 Å². The molecule has 1 aromatic heterocycles. The second-order valence-electron chi connectivity index (χ2n) is 5.66. The van der Waals surface area contributed by atoms with E-state index in [0.29, 0.717) is 18.7 Å². The highest BCUT2D eigenvalue weighted by atomic mass is 16.5. The number of amides is 1. The van der Waals surface area contributed by atoms with Gasteiger partial charge in [-0.2, -0.15) is 0 Å². The zero-order valence-electron chi connectivity index (χ0n) is 12.5. The van der Waals surface area contributed by atoms with E-state index >= 15 is 0 Å². The molecule has 2 atom stereocenters. The molecular formula is C15H21NO5. The van der Waals surface area contributed by atoms with Crippen molar-refractivity contribution in [3.63, 3.8) is 0 Å². The molecule has 0 unspecified atom stereocenters. The normalized spacial score (nSPS) is 22.0. The molecule has 1 aliphatic heterocycles. The van der Waals surface area contributed by atoms with Gasteiger partial charge in [-0.05, 0) is 18.4 Å². The number of hydrogen-bond acceptors (Lipinski definition) is 4. The van der Waals surface area contributed by atoms with E-state index in [0.717, 1.165) is 5.56 Å². The molecule has 1 amide bonds. The molecular weight excluding hydrogens is 274 g/mol. The van der Waals surface area contributed by atoms with Crippen molar-refractivity contribution in [3.05, 3.63) is 23.7 Å². The maximum atomic E-state index is 12.7. The number of carboxylic acid groups (broad SMARTS) is 1.